The number of carbonyl (C=O) groups is 1. The number of amides is 1. The van der Waals surface area contributed by atoms with Crippen LogP contribution in [0.2, 0.25) is 5.02 Å². The minimum absolute atomic E-state index is 0.199. The van der Waals surface area contributed by atoms with Crippen LogP contribution >= 0.6 is 23.4 Å². The molecule has 1 amide bonds. The summed E-state index contributed by atoms with van der Waals surface area (Å²) in [6.07, 6.45) is 9.01. The Hall–Kier alpha value is -2.71. The molecule has 1 N–H and O–H groups in total. The van der Waals surface area contributed by atoms with E-state index < -0.39 is 0 Å². The van der Waals surface area contributed by atoms with Gasteiger partial charge >= 0.3 is 0 Å². The summed E-state index contributed by atoms with van der Waals surface area (Å²) >= 11 is 7.43. The van der Waals surface area contributed by atoms with E-state index >= 15 is 0 Å². The first kappa shape index (κ1) is 21.5. The average molecular weight is 455 g/mol. The molecule has 0 radical (unpaired) electrons. The van der Waals surface area contributed by atoms with Gasteiger partial charge in [-0.25, -0.2) is 5.43 Å². The van der Waals surface area contributed by atoms with Gasteiger partial charge in [-0.3, -0.25) is 14.3 Å². The fourth-order valence-corrected chi connectivity index (χ4v) is 4.55. The van der Waals surface area contributed by atoms with Crippen LogP contribution in [0, 0.1) is 0 Å². The zero-order valence-electron chi connectivity index (χ0n) is 16.9. The highest BCUT2D eigenvalue weighted by atomic mass is 35.5. The number of rotatable bonds is 7. The molecule has 7 nitrogen and oxygen atoms in total. The first-order valence-electron chi connectivity index (χ1n) is 10.3. The SMILES string of the molecule is O=C(CSc1nnc(-c2ccc(Cl)cc2)n1C1CCCCC1)N/N=C/c1ccccn1. The molecule has 160 valence electrons. The second-order valence-electron chi connectivity index (χ2n) is 7.31. The maximum atomic E-state index is 12.3. The number of hydrogen-bond acceptors (Lipinski definition) is 6. The maximum absolute atomic E-state index is 12.3. The Balaban J connectivity index is 1.46. The molecular weight excluding hydrogens is 432 g/mol. The zero-order chi connectivity index (χ0) is 21.5. The van der Waals surface area contributed by atoms with E-state index in [1.54, 1.807) is 6.20 Å². The molecular formula is C22H23ClN6OS. The normalized spacial score (nSPS) is 14.7. The van der Waals surface area contributed by atoms with Crippen molar-refractivity contribution < 1.29 is 4.79 Å². The van der Waals surface area contributed by atoms with Crippen LogP contribution in [0.5, 0.6) is 0 Å². The first-order valence-corrected chi connectivity index (χ1v) is 11.6. The Bertz CT molecular complexity index is 1030. The lowest BCUT2D eigenvalue weighted by Gasteiger charge is -2.25. The molecule has 1 aliphatic carbocycles. The summed E-state index contributed by atoms with van der Waals surface area (Å²) < 4.78 is 2.19. The summed E-state index contributed by atoms with van der Waals surface area (Å²) in [4.78, 5) is 16.4. The van der Waals surface area contributed by atoms with E-state index in [4.69, 9.17) is 11.6 Å². The summed E-state index contributed by atoms with van der Waals surface area (Å²) in [6.45, 7) is 0. The number of hydrazone groups is 1. The second-order valence-corrected chi connectivity index (χ2v) is 8.69. The van der Waals surface area contributed by atoms with Gasteiger partial charge in [0.15, 0.2) is 11.0 Å². The molecule has 0 saturated heterocycles. The molecule has 4 rings (SSSR count). The highest BCUT2D eigenvalue weighted by molar-refractivity contribution is 7.99. The molecule has 9 heteroatoms. The van der Waals surface area contributed by atoms with Gasteiger partial charge in [-0.2, -0.15) is 5.10 Å². The largest absolute Gasteiger partial charge is 0.299 e. The third-order valence-electron chi connectivity index (χ3n) is 5.11. The number of hydrogen-bond donors (Lipinski definition) is 1. The van der Waals surface area contributed by atoms with Crippen LogP contribution in [-0.4, -0.2) is 37.6 Å². The van der Waals surface area contributed by atoms with E-state index in [-0.39, 0.29) is 11.7 Å². The van der Waals surface area contributed by atoms with Crippen molar-refractivity contribution in [3.05, 3.63) is 59.4 Å². The number of benzene rings is 1. The summed E-state index contributed by atoms with van der Waals surface area (Å²) in [7, 11) is 0. The van der Waals surface area contributed by atoms with Crippen molar-refractivity contribution in [3.8, 4) is 11.4 Å². The summed E-state index contributed by atoms with van der Waals surface area (Å²) in [5.41, 5.74) is 4.19. The molecule has 0 atom stereocenters. The Kier molecular flexibility index (Phi) is 7.32. The molecule has 1 saturated carbocycles. The highest BCUT2D eigenvalue weighted by Gasteiger charge is 2.24. The Morgan fingerprint density at radius 3 is 2.71 bits per heavy atom. The van der Waals surface area contributed by atoms with E-state index in [0.29, 0.717) is 16.8 Å². The van der Waals surface area contributed by atoms with E-state index in [9.17, 15) is 4.79 Å². The van der Waals surface area contributed by atoms with Crippen molar-refractivity contribution in [2.45, 2.75) is 43.3 Å². The molecule has 3 aromatic rings. The summed E-state index contributed by atoms with van der Waals surface area (Å²) in [5.74, 6) is 0.813. The maximum Gasteiger partial charge on any atom is 0.250 e. The predicted octanol–water partition coefficient (Wildman–Crippen LogP) is 4.74. The van der Waals surface area contributed by atoms with Crippen LogP contribution in [0.25, 0.3) is 11.4 Å². The van der Waals surface area contributed by atoms with Gasteiger partial charge in [0.1, 0.15) is 0 Å². The number of nitrogens with zero attached hydrogens (tertiary/aromatic N) is 5. The van der Waals surface area contributed by atoms with Gasteiger partial charge in [-0.1, -0.05) is 48.7 Å². The van der Waals surface area contributed by atoms with Gasteiger partial charge in [0, 0.05) is 22.8 Å². The summed E-state index contributed by atoms with van der Waals surface area (Å²) in [5, 5.41) is 14.3. The lowest BCUT2D eigenvalue weighted by molar-refractivity contribution is -0.118. The molecule has 0 unspecified atom stereocenters. The van der Waals surface area contributed by atoms with Gasteiger partial charge in [-0.15, -0.1) is 10.2 Å². The second kappa shape index (κ2) is 10.5. The van der Waals surface area contributed by atoms with Gasteiger partial charge in [0.2, 0.25) is 0 Å². The van der Waals surface area contributed by atoms with Gasteiger partial charge < -0.3 is 0 Å². The van der Waals surface area contributed by atoms with Crippen molar-refractivity contribution in [2.75, 3.05) is 5.75 Å². The quantitative estimate of drug-likeness (QED) is 0.316. The van der Waals surface area contributed by atoms with Crippen LogP contribution in [0.3, 0.4) is 0 Å². The molecule has 1 aliphatic rings. The van der Waals surface area contributed by atoms with E-state index in [2.05, 4.69) is 30.3 Å². The molecule has 0 aliphatic heterocycles. The van der Waals surface area contributed by atoms with Crippen molar-refractivity contribution in [3.63, 3.8) is 0 Å². The smallest absolute Gasteiger partial charge is 0.250 e. The number of nitrogens with one attached hydrogen (secondary N) is 1. The molecule has 0 bridgehead atoms. The van der Waals surface area contributed by atoms with Crippen molar-refractivity contribution in [2.24, 2.45) is 5.10 Å². The average Bonchev–Trinajstić information content (AvgIpc) is 3.23. The highest BCUT2D eigenvalue weighted by Crippen LogP contribution is 2.35. The molecule has 2 aromatic heterocycles. The standard InChI is InChI=1S/C22H23ClN6OS/c23-17-11-9-16(10-12-17)21-27-28-22(29(21)19-7-2-1-3-8-19)31-15-20(30)26-25-14-18-6-4-5-13-24-18/h4-6,9-14,19H,1-3,7-8,15H2,(H,26,30)/b25-14+. The Labute approximate surface area is 190 Å². The fraction of sp³-hybridized carbons (Fsp3) is 0.318. The zero-order valence-corrected chi connectivity index (χ0v) is 18.5. The topological polar surface area (TPSA) is 85.1 Å². The summed E-state index contributed by atoms with van der Waals surface area (Å²) in [6, 6.07) is 13.5. The van der Waals surface area contributed by atoms with Crippen LogP contribution in [0.15, 0.2) is 58.9 Å². The fourth-order valence-electron chi connectivity index (χ4n) is 3.62. The molecule has 2 heterocycles. The molecule has 31 heavy (non-hydrogen) atoms. The van der Waals surface area contributed by atoms with E-state index in [1.165, 1.54) is 37.2 Å². The van der Waals surface area contributed by atoms with Crippen molar-refractivity contribution >= 4 is 35.5 Å². The van der Waals surface area contributed by atoms with Crippen LogP contribution in [-0.2, 0) is 4.79 Å². The lowest BCUT2D eigenvalue weighted by Crippen LogP contribution is -2.20. The van der Waals surface area contributed by atoms with Crippen LogP contribution < -0.4 is 5.43 Å². The monoisotopic (exact) mass is 454 g/mol. The predicted molar refractivity (Wildman–Crippen MR) is 123 cm³/mol. The van der Waals surface area contributed by atoms with E-state index in [0.717, 1.165) is 29.4 Å². The Morgan fingerprint density at radius 1 is 1.16 bits per heavy atom. The van der Waals surface area contributed by atoms with Crippen molar-refractivity contribution in [1.29, 1.82) is 0 Å². The molecule has 1 fully saturated rings. The minimum Gasteiger partial charge on any atom is -0.299 e. The van der Waals surface area contributed by atoms with Gasteiger partial charge in [-0.05, 0) is 49.2 Å². The third kappa shape index (κ3) is 5.71. The molecule has 0 spiro atoms. The number of halogens is 1. The number of aromatic nitrogens is 4. The lowest BCUT2D eigenvalue weighted by atomic mass is 9.95. The van der Waals surface area contributed by atoms with Crippen molar-refractivity contribution in [1.82, 2.24) is 25.2 Å². The number of pyridine rings is 1. The van der Waals surface area contributed by atoms with Gasteiger partial charge in [0.05, 0.1) is 17.7 Å². The Morgan fingerprint density at radius 2 is 1.97 bits per heavy atom. The van der Waals surface area contributed by atoms with Crippen LogP contribution in [0.4, 0.5) is 0 Å². The number of thioether (sulfide) groups is 1. The number of carbonyl (C=O) groups excluding carboxylic acids is 1. The molecule has 1 aromatic carbocycles. The van der Waals surface area contributed by atoms with Gasteiger partial charge in [0.25, 0.3) is 5.91 Å². The minimum atomic E-state index is -0.205. The first-order chi connectivity index (χ1) is 15.2. The van der Waals surface area contributed by atoms with Crippen LogP contribution in [0.1, 0.15) is 43.8 Å². The van der Waals surface area contributed by atoms with E-state index in [1.807, 2.05) is 42.5 Å². The third-order valence-corrected chi connectivity index (χ3v) is 6.31.